The highest BCUT2D eigenvalue weighted by Gasteiger charge is 2.20. The van der Waals surface area contributed by atoms with Gasteiger partial charge in [-0.2, -0.15) is 0 Å². The fourth-order valence-corrected chi connectivity index (χ4v) is 3.06. The van der Waals surface area contributed by atoms with Gasteiger partial charge >= 0.3 is 5.97 Å². The van der Waals surface area contributed by atoms with E-state index in [9.17, 15) is 9.90 Å². The quantitative estimate of drug-likeness (QED) is 0.574. The summed E-state index contributed by atoms with van der Waals surface area (Å²) in [5.41, 5.74) is 2.61. The van der Waals surface area contributed by atoms with E-state index in [2.05, 4.69) is 4.98 Å². The van der Waals surface area contributed by atoms with Crippen molar-refractivity contribution in [1.82, 2.24) is 4.98 Å². The third kappa shape index (κ3) is 1.57. The Morgan fingerprint density at radius 2 is 2.09 bits per heavy atom. The predicted molar refractivity (Wildman–Crippen MR) is 84.1 cm³/mol. The number of H-pyrrole nitrogens is 1. The van der Waals surface area contributed by atoms with Crippen LogP contribution in [0.2, 0.25) is 5.02 Å². The second kappa shape index (κ2) is 4.42. The van der Waals surface area contributed by atoms with E-state index in [1.165, 1.54) is 7.11 Å². The van der Waals surface area contributed by atoms with Crippen LogP contribution < -0.4 is 4.74 Å². The van der Waals surface area contributed by atoms with E-state index < -0.39 is 5.97 Å². The number of halogens is 1. The van der Waals surface area contributed by atoms with Gasteiger partial charge in [0, 0.05) is 5.39 Å². The van der Waals surface area contributed by atoms with Crippen molar-refractivity contribution in [2.24, 2.45) is 0 Å². The molecule has 2 heterocycles. The number of rotatable bonds is 2. The van der Waals surface area contributed by atoms with Gasteiger partial charge in [-0.05, 0) is 24.3 Å². The maximum absolute atomic E-state index is 11.4. The lowest BCUT2D eigenvalue weighted by atomic mass is 10.1. The first kappa shape index (κ1) is 13.0. The summed E-state index contributed by atoms with van der Waals surface area (Å²) in [4.78, 5) is 14.5. The zero-order valence-corrected chi connectivity index (χ0v) is 12.2. The third-order valence-electron chi connectivity index (χ3n) is 3.75. The molecule has 0 aliphatic carbocycles. The summed E-state index contributed by atoms with van der Waals surface area (Å²) in [6, 6.07) is 8.52. The van der Waals surface area contributed by atoms with Crippen LogP contribution in [0.5, 0.6) is 5.75 Å². The lowest BCUT2D eigenvalue weighted by Gasteiger charge is -2.03. The number of carboxylic acids is 1. The number of furan rings is 1. The van der Waals surface area contributed by atoms with Crippen molar-refractivity contribution < 1.29 is 19.1 Å². The van der Waals surface area contributed by atoms with Crippen LogP contribution in [-0.2, 0) is 0 Å². The Balaban J connectivity index is 2.24. The number of methoxy groups -OCH3 is 1. The maximum Gasteiger partial charge on any atom is 0.337 e. The summed E-state index contributed by atoms with van der Waals surface area (Å²) in [6.07, 6.45) is 0. The van der Waals surface area contributed by atoms with Crippen LogP contribution in [0.1, 0.15) is 10.4 Å². The van der Waals surface area contributed by atoms with E-state index in [0.29, 0.717) is 43.7 Å². The Bertz CT molecular complexity index is 1060. The zero-order valence-electron chi connectivity index (χ0n) is 11.4. The van der Waals surface area contributed by atoms with Crippen LogP contribution in [-0.4, -0.2) is 23.2 Å². The average Bonchev–Trinajstić information content (AvgIpc) is 3.03. The van der Waals surface area contributed by atoms with Crippen LogP contribution in [0.25, 0.3) is 33.0 Å². The molecule has 2 aromatic carbocycles. The van der Waals surface area contributed by atoms with Crippen molar-refractivity contribution in [3.63, 3.8) is 0 Å². The summed E-state index contributed by atoms with van der Waals surface area (Å²) in [7, 11) is 1.53. The molecule has 2 N–H and O–H groups in total. The van der Waals surface area contributed by atoms with E-state index in [1.54, 1.807) is 24.3 Å². The first-order valence-corrected chi connectivity index (χ1v) is 6.92. The molecule has 6 heteroatoms. The van der Waals surface area contributed by atoms with Gasteiger partial charge in [-0.3, -0.25) is 0 Å². The molecule has 5 nitrogen and oxygen atoms in total. The molecule has 110 valence electrons. The number of nitrogens with one attached hydrogen (secondary N) is 1. The number of carbonyl (C=O) groups is 1. The smallest absolute Gasteiger partial charge is 0.337 e. The molecular weight excluding hydrogens is 306 g/mol. The lowest BCUT2D eigenvalue weighted by molar-refractivity contribution is 0.0699. The van der Waals surface area contributed by atoms with Crippen LogP contribution in [0.4, 0.5) is 0 Å². The number of hydrogen-bond donors (Lipinski definition) is 2. The molecule has 4 rings (SSSR count). The molecule has 22 heavy (non-hydrogen) atoms. The summed E-state index contributed by atoms with van der Waals surface area (Å²) >= 11 is 6.17. The van der Waals surface area contributed by atoms with E-state index in [4.69, 9.17) is 20.8 Å². The third-order valence-corrected chi connectivity index (χ3v) is 4.05. The van der Waals surface area contributed by atoms with Gasteiger partial charge in [0.25, 0.3) is 0 Å². The molecule has 0 unspecified atom stereocenters. The molecule has 0 atom stereocenters. The molecule has 0 saturated carbocycles. The highest BCUT2D eigenvalue weighted by atomic mass is 35.5. The van der Waals surface area contributed by atoms with Gasteiger partial charge in [0.1, 0.15) is 5.58 Å². The van der Waals surface area contributed by atoms with Crippen LogP contribution >= 0.6 is 11.6 Å². The Kier molecular flexibility index (Phi) is 2.62. The topological polar surface area (TPSA) is 75.5 Å². The molecule has 4 aromatic rings. The summed E-state index contributed by atoms with van der Waals surface area (Å²) < 4.78 is 11.2. The molecule has 2 aromatic heterocycles. The number of aromatic amines is 1. The summed E-state index contributed by atoms with van der Waals surface area (Å²) in [6.45, 7) is 0. The number of carboxylic acid groups (broad SMARTS) is 1. The Morgan fingerprint density at radius 1 is 1.27 bits per heavy atom. The largest absolute Gasteiger partial charge is 0.494 e. The summed E-state index contributed by atoms with van der Waals surface area (Å²) in [5.74, 6) is -0.495. The molecule has 0 amide bonds. The Hall–Kier alpha value is -2.66. The predicted octanol–water partition coefficient (Wildman–Crippen LogP) is 4.43. The van der Waals surface area contributed by atoms with Crippen molar-refractivity contribution in [1.29, 1.82) is 0 Å². The standard InChI is InChI=1S/C16H10ClNO4/c1-21-15-9(17)5-6-10-11(15)13-14(22-10)7-3-2-4-8(16(19)20)12(7)18-13/h2-6,18H,1H3,(H,19,20). The number of para-hydroxylation sites is 1. The van der Waals surface area contributed by atoms with Gasteiger partial charge in [-0.15, -0.1) is 0 Å². The molecule has 0 saturated heterocycles. The molecule has 0 radical (unpaired) electrons. The van der Waals surface area contributed by atoms with E-state index in [0.717, 1.165) is 0 Å². The second-order valence-corrected chi connectivity index (χ2v) is 5.33. The average molecular weight is 316 g/mol. The highest BCUT2D eigenvalue weighted by molar-refractivity contribution is 6.34. The normalized spacial score (nSPS) is 11.5. The highest BCUT2D eigenvalue weighted by Crippen LogP contribution is 2.42. The fourth-order valence-electron chi connectivity index (χ4n) is 2.82. The molecule has 0 aliphatic heterocycles. The van der Waals surface area contributed by atoms with Gasteiger partial charge < -0.3 is 19.2 Å². The minimum absolute atomic E-state index is 0.193. The van der Waals surface area contributed by atoms with Crippen molar-refractivity contribution in [3.8, 4) is 5.75 Å². The van der Waals surface area contributed by atoms with Crippen LogP contribution in [0, 0.1) is 0 Å². The first-order valence-electron chi connectivity index (χ1n) is 6.54. The number of benzene rings is 2. The SMILES string of the molecule is COc1c(Cl)ccc2oc3c4cccc(C(=O)O)c4[nH]c3c12. The monoisotopic (exact) mass is 315 g/mol. The summed E-state index contributed by atoms with van der Waals surface area (Å²) in [5, 5.41) is 11.2. The lowest BCUT2D eigenvalue weighted by Crippen LogP contribution is -1.96. The molecule has 0 bridgehead atoms. The number of fused-ring (bicyclic) bond motifs is 5. The fraction of sp³-hybridized carbons (Fsp3) is 0.0625. The van der Waals surface area contributed by atoms with Gasteiger partial charge in [-0.25, -0.2) is 4.79 Å². The van der Waals surface area contributed by atoms with Gasteiger partial charge in [0.15, 0.2) is 11.3 Å². The van der Waals surface area contributed by atoms with Crippen molar-refractivity contribution in [3.05, 3.63) is 40.9 Å². The molecular formula is C16H10ClNO4. The Labute approximate surface area is 129 Å². The van der Waals surface area contributed by atoms with E-state index in [-0.39, 0.29) is 5.56 Å². The zero-order chi connectivity index (χ0) is 15.4. The number of aromatic nitrogens is 1. The van der Waals surface area contributed by atoms with E-state index in [1.807, 2.05) is 6.07 Å². The molecule has 0 aliphatic rings. The Morgan fingerprint density at radius 3 is 2.82 bits per heavy atom. The van der Waals surface area contributed by atoms with E-state index >= 15 is 0 Å². The van der Waals surface area contributed by atoms with Crippen LogP contribution in [0.3, 0.4) is 0 Å². The maximum atomic E-state index is 11.4. The molecule has 0 fully saturated rings. The second-order valence-electron chi connectivity index (χ2n) is 4.92. The first-order chi connectivity index (χ1) is 10.6. The number of hydrogen-bond acceptors (Lipinski definition) is 3. The minimum Gasteiger partial charge on any atom is -0.494 e. The van der Waals surface area contributed by atoms with Crippen molar-refractivity contribution in [2.75, 3.05) is 7.11 Å². The van der Waals surface area contributed by atoms with Crippen LogP contribution in [0.15, 0.2) is 34.7 Å². The van der Waals surface area contributed by atoms with Crippen molar-refractivity contribution in [2.45, 2.75) is 0 Å². The van der Waals surface area contributed by atoms with Gasteiger partial charge in [0.2, 0.25) is 0 Å². The van der Waals surface area contributed by atoms with Crippen molar-refractivity contribution >= 4 is 50.5 Å². The minimum atomic E-state index is -0.996. The number of aromatic carboxylic acids is 1. The number of ether oxygens (including phenoxy) is 1. The molecule has 0 spiro atoms. The van der Waals surface area contributed by atoms with Gasteiger partial charge in [-0.1, -0.05) is 17.7 Å². The van der Waals surface area contributed by atoms with Gasteiger partial charge in [0.05, 0.1) is 34.1 Å².